The van der Waals surface area contributed by atoms with E-state index in [-0.39, 0.29) is 5.91 Å². The molecule has 1 aliphatic heterocycles. The number of nitrogens with one attached hydrogen (secondary N) is 1. The molecule has 34 heavy (non-hydrogen) atoms. The minimum Gasteiger partial charge on any atom is -0.459 e. The molecule has 0 radical (unpaired) electrons. The minimum absolute atomic E-state index is 0.152. The van der Waals surface area contributed by atoms with Crippen LogP contribution in [-0.2, 0) is 13.6 Å². The topological polar surface area (TPSA) is 135 Å². The molecule has 4 aromatic heterocycles. The molecular formula is C20H22N8O4S2. The number of rotatable bonds is 6. The number of aromatic amines is 1. The maximum Gasteiger partial charge on any atom is 0.329 e. The van der Waals surface area contributed by atoms with E-state index in [2.05, 4.69) is 20.2 Å². The highest BCUT2D eigenvalue weighted by Crippen LogP contribution is 2.25. The van der Waals surface area contributed by atoms with Gasteiger partial charge in [-0.2, -0.15) is 4.98 Å². The third-order valence-electron chi connectivity index (χ3n) is 5.62. The highest BCUT2D eigenvalue weighted by Gasteiger charge is 2.28. The van der Waals surface area contributed by atoms with E-state index in [4.69, 9.17) is 4.42 Å². The monoisotopic (exact) mass is 502 g/mol. The van der Waals surface area contributed by atoms with Gasteiger partial charge in [-0.3, -0.25) is 19.1 Å². The van der Waals surface area contributed by atoms with Crippen molar-refractivity contribution in [1.82, 2.24) is 34.2 Å². The molecule has 1 amide bonds. The standard InChI is InChI=1S/C20H22N8O4S2/c1-12-23-24-20(34-12)33-11-9-28-14-15(25(2)19(31)22-16(14)29)21-18(28)27-7-5-26(6-8-27)17(30)13-4-3-10-32-13/h3-4,10H,5-9,11H2,1-2H3,(H,22,29,31). The van der Waals surface area contributed by atoms with Crippen molar-refractivity contribution in [1.29, 1.82) is 0 Å². The number of anilines is 1. The van der Waals surface area contributed by atoms with Crippen molar-refractivity contribution < 1.29 is 9.21 Å². The molecule has 1 saturated heterocycles. The van der Waals surface area contributed by atoms with Crippen molar-refractivity contribution in [2.24, 2.45) is 7.05 Å². The van der Waals surface area contributed by atoms with Gasteiger partial charge in [-0.05, 0) is 19.1 Å². The van der Waals surface area contributed by atoms with Crippen LogP contribution in [-0.4, -0.2) is 72.0 Å². The first-order valence-corrected chi connectivity index (χ1v) is 12.4. The lowest BCUT2D eigenvalue weighted by molar-refractivity contribution is 0.0714. The van der Waals surface area contributed by atoms with Crippen molar-refractivity contribution in [2.75, 3.05) is 36.8 Å². The Bertz CT molecular complexity index is 1440. The molecule has 14 heteroatoms. The first-order valence-electron chi connectivity index (χ1n) is 10.6. The van der Waals surface area contributed by atoms with Crippen molar-refractivity contribution >= 4 is 46.1 Å². The van der Waals surface area contributed by atoms with Crippen molar-refractivity contribution in [3.05, 3.63) is 50.0 Å². The number of fused-ring (bicyclic) bond motifs is 1. The minimum atomic E-state index is -0.513. The number of aryl methyl sites for hydroxylation is 3. The first-order chi connectivity index (χ1) is 16.4. The van der Waals surface area contributed by atoms with Gasteiger partial charge in [0.25, 0.3) is 11.5 Å². The third kappa shape index (κ3) is 4.14. The normalized spacial score (nSPS) is 14.3. The van der Waals surface area contributed by atoms with Crippen LogP contribution in [0, 0.1) is 6.92 Å². The van der Waals surface area contributed by atoms with Gasteiger partial charge in [0, 0.05) is 45.5 Å². The number of hydrogen-bond donors (Lipinski definition) is 1. The number of hydrogen-bond acceptors (Lipinski definition) is 10. The summed E-state index contributed by atoms with van der Waals surface area (Å²) < 4.78 is 9.28. The molecule has 5 rings (SSSR count). The Morgan fingerprint density at radius 1 is 1.24 bits per heavy atom. The average molecular weight is 503 g/mol. The molecule has 178 valence electrons. The Balaban J connectivity index is 1.41. The molecule has 12 nitrogen and oxygen atoms in total. The third-order valence-corrected chi connectivity index (χ3v) is 7.57. The van der Waals surface area contributed by atoms with Gasteiger partial charge in [-0.1, -0.05) is 23.1 Å². The zero-order valence-corrected chi connectivity index (χ0v) is 20.2. The molecule has 4 aromatic rings. The van der Waals surface area contributed by atoms with E-state index in [0.29, 0.717) is 61.3 Å². The van der Waals surface area contributed by atoms with E-state index in [0.717, 1.165) is 9.35 Å². The number of imidazole rings is 1. The lowest BCUT2D eigenvalue weighted by atomic mass is 10.3. The van der Waals surface area contributed by atoms with Gasteiger partial charge >= 0.3 is 5.69 Å². The fourth-order valence-corrected chi connectivity index (χ4v) is 5.71. The second-order valence-electron chi connectivity index (χ2n) is 7.75. The summed E-state index contributed by atoms with van der Waals surface area (Å²) in [6.45, 7) is 4.42. The Kier molecular flexibility index (Phi) is 6.00. The lowest BCUT2D eigenvalue weighted by Gasteiger charge is -2.35. The smallest absolute Gasteiger partial charge is 0.329 e. The van der Waals surface area contributed by atoms with E-state index < -0.39 is 11.2 Å². The van der Waals surface area contributed by atoms with Gasteiger partial charge in [0.1, 0.15) is 5.01 Å². The number of amides is 1. The first kappa shape index (κ1) is 22.4. The van der Waals surface area contributed by atoms with Crippen LogP contribution in [0.3, 0.4) is 0 Å². The SMILES string of the molecule is Cc1nnc(SCCn2c(N3CCN(C(=O)c4ccco4)CC3)nc3c2c(=O)[nH]c(=O)n3C)s1. The number of H-pyrrole nitrogens is 1. The van der Waals surface area contributed by atoms with Gasteiger partial charge < -0.3 is 18.8 Å². The van der Waals surface area contributed by atoms with Crippen molar-refractivity contribution in [2.45, 2.75) is 17.8 Å². The van der Waals surface area contributed by atoms with Crippen LogP contribution in [0.15, 0.2) is 36.7 Å². The lowest BCUT2D eigenvalue weighted by Crippen LogP contribution is -2.49. The second-order valence-corrected chi connectivity index (χ2v) is 10.3. The summed E-state index contributed by atoms with van der Waals surface area (Å²) in [5.41, 5.74) is -0.309. The molecule has 0 bridgehead atoms. The number of nitrogens with zero attached hydrogens (tertiary/aromatic N) is 7. The number of carbonyl (C=O) groups is 1. The van der Waals surface area contributed by atoms with E-state index in [9.17, 15) is 14.4 Å². The quantitative estimate of drug-likeness (QED) is 0.382. The number of piperazine rings is 1. The number of furan rings is 1. The summed E-state index contributed by atoms with van der Waals surface area (Å²) in [5.74, 6) is 1.40. The highest BCUT2D eigenvalue weighted by atomic mass is 32.2. The molecule has 0 aliphatic carbocycles. The number of carbonyl (C=O) groups excluding carboxylic acids is 1. The Morgan fingerprint density at radius 2 is 2.03 bits per heavy atom. The zero-order valence-electron chi connectivity index (χ0n) is 18.6. The van der Waals surface area contributed by atoms with E-state index in [1.807, 2.05) is 16.4 Å². The van der Waals surface area contributed by atoms with E-state index in [1.165, 1.54) is 22.2 Å². The fourth-order valence-electron chi connectivity index (χ4n) is 3.90. The van der Waals surface area contributed by atoms with Gasteiger partial charge in [0.2, 0.25) is 5.95 Å². The molecule has 1 aliphatic rings. The maximum atomic E-state index is 12.7. The summed E-state index contributed by atoms with van der Waals surface area (Å²) >= 11 is 3.07. The molecule has 0 aromatic carbocycles. The van der Waals surface area contributed by atoms with Crippen LogP contribution in [0.1, 0.15) is 15.6 Å². The molecule has 0 spiro atoms. The fraction of sp³-hybridized carbons (Fsp3) is 0.400. The molecule has 0 unspecified atom stereocenters. The Labute approximate surface area is 201 Å². The maximum absolute atomic E-state index is 12.7. The Morgan fingerprint density at radius 3 is 2.71 bits per heavy atom. The van der Waals surface area contributed by atoms with Crippen LogP contribution in [0.25, 0.3) is 11.2 Å². The van der Waals surface area contributed by atoms with Crippen LogP contribution in [0.5, 0.6) is 0 Å². The summed E-state index contributed by atoms with van der Waals surface area (Å²) in [7, 11) is 1.58. The molecule has 5 heterocycles. The van der Waals surface area contributed by atoms with Gasteiger partial charge in [-0.25, -0.2) is 4.79 Å². The van der Waals surface area contributed by atoms with Gasteiger partial charge in [0.15, 0.2) is 21.3 Å². The Hall–Kier alpha value is -3.39. The van der Waals surface area contributed by atoms with Crippen molar-refractivity contribution in [3.8, 4) is 0 Å². The largest absolute Gasteiger partial charge is 0.459 e. The highest BCUT2D eigenvalue weighted by molar-refractivity contribution is 8.01. The average Bonchev–Trinajstić information content (AvgIpc) is 3.58. The van der Waals surface area contributed by atoms with Crippen molar-refractivity contribution in [3.63, 3.8) is 0 Å². The van der Waals surface area contributed by atoms with E-state index in [1.54, 1.807) is 35.8 Å². The van der Waals surface area contributed by atoms with Crippen LogP contribution >= 0.6 is 23.1 Å². The van der Waals surface area contributed by atoms with Crippen LogP contribution in [0.2, 0.25) is 0 Å². The number of aromatic nitrogens is 6. The molecule has 1 N–H and O–H groups in total. The predicted molar refractivity (Wildman–Crippen MR) is 128 cm³/mol. The summed E-state index contributed by atoms with van der Waals surface area (Å²) in [5, 5.41) is 9.07. The molecule has 1 fully saturated rings. The summed E-state index contributed by atoms with van der Waals surface area (Å²) in [6.07, 6.45) is 1.48. The predicted octanol–water partition coefficient (Wildman–Crippen LogP) is 0.931. The van der Waals surface area contributed by atoms with Gasteiger partial charge in [-0.15, -0.1) is 10.2 Å². The zero-order chi connectivity index (χ0) is 23.8. The summed E-state index contributed by atoms with van der Waals surface area (Å²) in [6, 6.07) is 3.34. The van der Waals surface area contributed by atoms with E-state index >= 15 is 0 Å². The summed E-state index contributed by atoms with van der Waals surface area (Å²) in [4.78, 5) is 48.3. The van der Waals surface area contributed by atoms with Crippen LogP contribution < -0.4 is 16.1 Å². The number of thioether (sulfide) groups is 1. The molecular weight excluding hydrogens is 480 g/mol. The molecule has 0 atom stereocenters. The second kappa shape index (κ2) is 9.10. The van der Waals surface area contributed by atoms with Gasteiger partial charge in [0.05, 0.1) is 6.26 Å². The van der Waals surface area contributed by atoms with Crippen LogP contribution in [0.4, 0.5) is 5.95 Å². The molecule has 0 saturated carbocycles.